The van der Waals surface area contributed by atoms with Crippen molar-refractivity contribution < 1.29 is 0 Å². The average molecular weight is 169 g/mol. The second kappa shape index (κ2) is 4.66. The van der Waals surface area contributed by atoms with Gasteiger partial charge in [0.05, 0.1) is 0 Å². The summed E-state index contributed by atoms with van der Waals surface area (Å²) in [5, 5.41) is 0. The lowest BCUT2D eigenvalue weighted by Crippen LogP contribution is -2.19. The summed E-state index contributed by atoms with van der Waals surface area (Å²) in [6.45, 7) is 12.8. The number of nitrogens with two attached hydrogens (primary N) is 1. The minimum Gasteiger partial charge on any atom is -0.328 e. The van der Waals surface area contributed by atoms with E-state index in [4.69, 9.17) is 5.73 Å². The lowest BCUT2D eigenvalue weighted by molar-refractivity contribution is 0.464. The molecule has 0 spiro atoms. The largest absolute Gasteiger partial charge is 0.328 e. The molecule has 1 atom stereocenters. The van der Waals surface area contributed by atoms with Crippen LogP contribution < -0.4 is 5.73 Å². The van der Waals surface area contributed by atoms with Gasteiger partial charge in [-0.05, 0) is 24.7 Å². The molecule has 0 saturated heterocycles. The van der Waals surface area contributed by atoms with Crippen molar-refractivity contribution in [2.75, 3.05) is 0 Å². The molecule has 0 heterocycles. The maximum absolute atomic E-state index is 5.82. The summed E-state index contributed by atoms with van der Waals surface area (Å²) in [7, 11) is 0. The van der Waals surface area contributed by atoms with Gasteiger partial charge in [0.1, 0.15) is 0 Å². The second-order valence-electron chi connectivity index (χ2n) is 4.56. The van der Waals surface area contributed by atoms with Crippen LogP contribution in [0.15, 0.2) is 12.2 Å². The van der Waals surface area contributed by atoms with Gasteiger partial charge < -0.3 is 5.73 Å². The fraction of sp³-hybridized carbons (Fsp3) is 0.818. The highest BCUT2D eigenvalue weighted by atomic mass is 14.6. The fourth-order valence-corrected chi connectivity index (χ4v) is 0.939. The lowest BCUT2D eigenvalue weighted by atomic mass is 9.84. The quantitative estimate of drug-likeness (QED) is 0.643. The molecule has 0 radical (unpaired) electrons. The predicted molar refractivity (Wildman–Crippen MR) is 56.1 cm³/mol. The summed E-state index contributed by atoms with van der Waals surface area (Å²) >= 11 is 0. The Labute approximate surface area is 77.0 Å². The topological polar surface area (TPSA) is 26.0 Å². The van der Waals surface area contributed by atoms with Crippen LogP contribution in [0.3, 0.4) is 0 Å². The Morgan fingerprint density at radius 2 is 1.92 bits per heavy atom. The Hall–Kier alpha value is -0.300. The van der Waals surface area contributed by atoms with E-state index in [2.05, 4.69) is 34.3 Å². The van der Waals surface area contributed by atoms with Crippen LogP contribution in [0.4, 0.5) is 0 Å². The summed E-state index contributed by atoms with van der Waals surface area (Å²) in [5.74, 6) is 0. The molecule has 0 rings (SSSR count). The summed E-state index contributed by atoms with van der Waals surface area (Å²) in [5.41, 5.74) is 7.38. The molecular weight excluding hydrogens is 146 g/mol. The summed E-state index contributed by atoms with van der Waals surface area (Å²) in [4.78, 5) is 0. The average Bonchev–Trinajstić information content (AvgIpc) is 1.97. The number of rotatable bonds is 4. The molecule has 2 N–H and O–H groups in total. The smallest absolute Gasteiger partial charge is 0.00392 e. The van der Waals surface area contributed by atoms with Crippen LogP contribution in [-0.2, 0) is 0 Å². The molecule has 0 saturated carbocycles. The first-order valence-corrected chi connectivity index (χ1v) is 4.81. The standard InChI is InChI=1S/C11H23N/c1-6-10(12)8-7-9(2)11(3,4)5/h10H,2,6-8,12H2,1,3-5H3. The van der Waals surface area contributed by atoms with Gasteiger partial charge in [-0.1, -0.05) is 39.8 Å². The molecular formula is C11H23N. The molecule has 0 aliphatic rings. The van der Waals surface area contributed by atoms with Crippen LogP contribution in [-0.4, -0.2) is 6.04 Å². The van der Waals surface area contributed by atoms with Crippen LogP contribution in [0, 0.1) is 5.41 Å². The van der Waals surface area contributed by atoms with Gasteiger partial charge in [-0.15, -0.1) is 0 Å². The zero-order valence-corrected chi connectivity index (χ0v) is 8.98. The molecule has 1 nitrogen and oxygen atoms in total. The van der Waals surface area contributed by atoms with Crippen LogP contribution in [0.1, 0.15) is 47.0 Å². The predicted octanol–water partition coefficient (Wildman–Crippen LogP) is 3.11. The molecule has 1 unspecified atom stereocenters. The molecule has 0 aromatic heterocycles. The van der Waals surface area contributed by atoms with E-state index in [9.17, 15) is 0 Å². The van der Waals surface area contributed by atoms with Gasteiger partial charge in [0.15, 0.2) is 0 Å². The van der Waals surface area contributed by atoms with Crippen molar-refractivity contribution in [1.29, 1.82) is 0 Å². The van der Waals surface area contributed by atoms with E-state index in [0.29, 0.717) is 6.04 Å². The fourth-order valence-electron chi connectivity index (χ4n) is 0.939. The number of hydrogen-bond donors (Lipinski definition) is 1. The Balaban J connectivity index is 3.73. The number of hydrogen-bond acceptors (Lipinski definition) is 1. The van der Waals surface area contributed by atoms with E-state index in [0.717, 1.165) is 19.3 Å². The van der Waals surface area contributed by atoms with E-state index in [1.807, 2.05) is 0 Å². The highest BCUT2D eigenvalue weighted by Gasteiger charge is 2.14. The molecule has 0 bridgehead atoms. The third kappa shape index (κ3) is 4.55. The monoisotopic (exact) mass is 169 g/mol. The molecule has 0 amide bonds. The maximum Gasteiger partial charge on any atom is 0.00392 e. The highest BCUT2D eigenvalue weighted by molar-refractivity contribution is 5.05. The Bertz CT molecular complexity index is 142. The minimum absolute atomic E-state index is 0.244. The molecule has 0 fully saturated rings. The van der Waals surface area contributed by atoms with Crippen LogP contribution in [0.2, 0.25) is 0 Å². The van der Waals surface area contributed by atoms with Gasteiger partial charge >= 0.3 is 0 Å². The SMILES string of the molecule is C=C(CCC(N)CC)C(C)(C)C. The van der Waals surface area contributed by atoms with Crippen molar-refractivity contribution in [2.45, 2.75) is 53.0 Å². The van der Waals surface area contributed by atoms with Gasteiger partial charge in [-0.25, -0.2) is 0 Å². The van der Waals surface area contributed by atoms with E-state index in [1.165, 1.54) is 5.57 Å². The first kappa shape index (κ1) is 11.7. The highest BCUT2D eigenvalue weighted by Crippen LogP contribution is 2.27. The zero-order valence-electron chi connectivity index (χ0n) is 8.98. The first-order chi connectivity index (χ1) is 5.38. The summed E-state index contributed by atoms with van der Waals surface area (Å²) in [6, 6.07) is 0.351. The molecule has 12 heavy (non-hydrogen) atoms. The Morgan fingerprint density at radius 3 is 2.25 bits per heavy atom. The van der Waals surface area contributed by atoms with Crippen molar-refractivity contribution in [3.05, 3.63) is 12.2 Å². The zero-order chi connectivity index (χ0) is 9.78. The Kier molecular flexibility index (Phi) is 4.54. The minimum atomic E-state index is 0.244. The molecule has 0 aliphatic heterocycles. The summed E-state index contributed by atoms with van der Waals surface area (Å²) < 4.78 is 0. The maximum atomic E-state index is 5.82. The summed E-state index contributed by atoms with van der Waals surface area (Å²) in [6.07, 6.45) is 3.21. The van der Waals surface area contributed by atoms with E-state index < -0.39 is 0 Å². The Morgan fingerprint density at radius 1 is 1.42 bits per heavy atom. The molecule has 0 aliphatic carbocycles. The third-order valence-electron chi connectivity index (χ3n) is 2.40. The van der Waals surface area contributed by atoms with Gasteiger partial charge in [-0.2, -0.15) is 0 Å². The molecule has 0 aromatic rings. The van der Waals surface area contributed by atoms with E-state index in [1.54, 1.807) is 0 Å². The van der Waals surface area contributed by atoms with Crippen molar-refractivity contribution in [3.63, 3.8) is 0 Å². The van der Waals surface area contributed by atoms with E-state index >= 15 is 0 Å². The molecule has 0 aromatic carbocycles. The molecule has 72 valence electrons. The van der Waals surface area contributed by atoms with Gasteiger partial charge in [-0.3, -0.25) is 0 Å². The van der Waals surface area contributed by atoms with Crippen molar-refractivity contribution >= 4 is 0 Å². The van der Waals surface area contributed by atoms with Crippen LogP contribution >= 0.6 is 0 Å². The van der Waals surface area contributed by atoms with Gasteiger partial charge in [0, 0.05) is 6.04 Å². The van der Waals surface area contributed by atoms with Crippen molar-refractivity contribution in [1.82, 2.24) is 0 Å². The van der Waals surface area contributed by atoms with Crippen LogP contribution in [0.25, 0.3) is 0 Å². The molecule has 1 heteroatoms. The number of allylic oxidation sites excluding steroid dienone is 1. The lowest BCUT2D eigenvalue weighted by Gasteiger charge is -2.22. The third-order valence-corrected chi connectivity index (χ3v) is 2.40. The van der Waals surface area contributed by atoms with Gasteiger partial charge in [0.2, 0.25) is 0 Å². The normalized spacial score (nSPS) is 14.4. The van der Waals surface area contributed by atoms with Gasteiger partial charge in [0.25, 0.3) is 0 Å². The van der Waals surface area contributed by atoms with Crippen LogP contribution in [0.5, 0.6) is 0 Å². The van der Waals surface area contributed by atoms with Crippen molar-refractivity contribution in [2.24, 2.45) is 11.1 Å². The van der Waals surface area contributed by atoms with Crippen molar-refractivity contribution in [3.8, 4) is 0 Å². The first-order valence-electron chi connectivity index (χ1n) is 4.81. The second-order valence-corrected chi connectivity index (χ2v) is 4.56. The van der Waals surface area contributed by atoms with E-state index in [-0.39, 0.29) is 5.41 Å².